The maximum Gasteiger partial charge on any atom is 0.262 e. The van der Waals surface area contributed by atoms with Gasteiger partial charge in [0.2, 0.25) is 5.88 Å². The number of anilines is 1. The van der Waals surface area contributed by atoms with Crippen molar-refractivity contribution in [3.63, 3.8) is 0 Å². The topological polar surface area (TPSA) is 117 Å². The smallest absolute Gasteiger partial charge is 0.262 e. The van der Waals surface area contributed by atoms with Gasteiger partial charge in [0.05, 0.1) is 5.69 Å². The number of nitrogens with one attached hydrogen (secondary N) is 2. The van der Waals surface area contributed by atoms with Gasteiger partial charge < -0.3 is 20.3 Å². The number of benzene rings is 3. The van der Waals surface area contributed by atoms with Crippen molar-refractivity contribution in [1.82, 2.24) is 9.55 Å². The highest BCUT2D eigenvalue weighted by atomic mass is 32.1. The summed E-state index contributed by atoms with van der Waals surface area (Å²) in [5.74, 6) is 0.311. The molecule has 2 heterocycles. The molecular formula is C26H19N3O5S. The van der Waals surface area contributed by atoms with Crippen molar-refractivity contribution in [3.05, 3.63) is 111 Å². The molecule has 0 spiro atoms. The third-order valence-corrected chi connectivity index (χ3v) is 5.80. The number of carbonyl (C=O) groups is 1. The summed E-state index contributed by atoms with van der Waals surface area (Å²) < 4.78 is 7.01. The fraction of sp³-hybridized carbons (Fsp3) is 0.0385. The van der Waals surface area contributed by atoms with E-state index < -0.39 is 23.5 Å². The summed E-state index contributed by atoms with van der Waals surface area (Å²) in [5, 5.41) is 24.3. The number of carbonyl (C=O) groups excluding carboxylic acids is 1. The minimum absolute atomic E-state index is 0.0367. The largest absolute Gasteiger partial charge is 0.494 e. The van der Waals surface area contributed by atoms with E-state index in [9.17, 15) is 19.8 Å². The highest BCUT2D eigenvalue weighted by Gasteiger charge is 2.29. The number of Topliss-reactive ketones (excluding diaryl/α,β-unsaturated/α-hetero) is 1. The molecule has 0 radical (unpaired) electrons. The van der Waals surface area contributed by atoms with Crippen LogP contribution < -0.4 is 15.6 Å². The van der Waals surface area contributed by atoms with E-state index in [1.807, 2.05) is 30.3 Å². The number of ether oxygens (including phenoxy) is 1. The number of hydrogen-bond donors (Lipinski definition) is 4. The average molecular weight is 486 g/mol. The van der Waals surface area contributed by atoms with Crippen molar-refractivity contribution in [2.45, 2.75) is 6.23 Å². The minimum atomic E-state index is -1.36. The third-order valence-electron chi connectivity index (χ3n) is 5.52. The first-order chi connectivity index (χ1) is 16.9. The molecule has 174 valence electrons. The summed E-state index contributed by atoms with van der Waals surface area (Å²) in [6.07, 6.45) is -0.190. The van der Waals surface area contributed by atoms with Crippen LogP contribution >= 0.6 is 12.2 Å². The number of aliphatic hydroxyl groups is 1. The lowest BCUT2D eigenvalue weighted by Gasteiger charge is -2.24. The first kappa shape index (κ1) is 22.3. The average Bonchev–Trinajstić information content (AvgIpc) is 2.85. The molecule has 3 aromatic carbocycles. The Kier molecular flexibility index (Phi) is 5.77. The fourth-order valence-corrected chi connectivity index (χ4v) is 4.09. The van der Waals surface area contributed by atoms with E-state index in [1.54, 1.807) is 48.5 Å². The first-order valence-corrected chi connectivity index (χ1v) is 11.0. The number of para-hydroxylation sites is 2. The highest BCUT2D eigenvalue weighted by Crippen LogP contribution is 2.30. The molecule has 0 saturated heterocycles. The molecular weight excluding hydrogens is 466 g/mol. The second-order valence-corrected chi connectivity index (χ2v) is 8.15. The van der Waals surface area contributed by atoms with Crippen LogP contribution in [0.25, 0.3) is 11.8 Å². The van der Waals surface area contributed by atoms with Gasteiger partial charge in [-0.15, -0.1) is 0 Å². The zero-order chi connectivity index (χ0) is 24.5. The number of aromatic nitrogens is 2. The monoisotopic (exact) mass is 485 g/mol. The summed E-state index contributed by atoms with van der Waals surface area (Å²) in [6.45, 7) is 0. The molecule has 4 N–H and O–H groups in total. The Labute approximate surface area is 204 Å². The van der Waals surface area contributed by atoms with Gasteiger partial charge >= 0.3 is 0 Å². The Morgan fingerprint density at radius 3 is 2.31 bits per heavy atom. The molecule has 8 nitrogen and oxygen atoms in total. The van der Waals surface area contributed by atoms with Crippen LogP contribution in [0.2, 0.25) is 0 Å². The lowest BCUT2D eigenvalue weighted by molar-refractivity contribution is 0.0992. The number of ketones is 1. The molecule has 35 heavy (non-hydrogen) atoms. The van der Waals surface area contributed by atoms with E-state index in [4.69, 9.17) is 17.0 Å². The van der Waals surface area contributed by atoms with Gasteiger partial charge in [0.15, 0.2) is 16.8 Å². The molecule has 9 heteroatoms. The maximum atomic E-state index is 13.0. The van der Waals surface area contributed by atoms with Gasteiger partial charge in [-0.3, -0.25) is 19.1 Å². The van der Waals surface area contributed by atoms with Crippen LogP contribution in [0.4, 0.5) is 5.69 Å². The number of aliphatic hydroxyl groups excluding tert-OH is 1. The zero-order valence-electron chi connectivity index (χ0n) is 18.1. The lowest BCUT2D eigenvalue weighted by Crippen LogP contribution is -2.32. The number of fused-ring (bicyclic) bond motifs is 1. The SMILES string of the molecule is O=C1C(=Cc2c(O)n(-c3ccc(Oc4ccccc4)cc3)c(=S)[nH]c2=O)C(O)Nc2ccccc21. The second kappa shape index (κ2) is 9.05. The van der Waals surface area contributed by atoms with E-state index in [0.717, 1.165) is 0 Å². The molecule has 0 aliphatic carbocycles. The van der Waals surface area contributed by atoms with E-state index in [2.05, 4.69) is 10.3 Å². The summed E-state index contributed by atoms with van der Waals surface area (Å²) in [4.78, 5) is 28.1. The number of rotatable bonds is 4. The van der Waals surface area contributed by atoms with Gasteiger partial charge in [-0.1, -0.05) is 30.3 Å². The number of aromatic hydroxyl groups is 1. The number of H-pyrrole nitrogens is 1. The van der Waals surface area contributed by atoms with Gasteiger partial charge in [-0.05, 0) is 66.8 Å². The summed E-state index contributed by atoms with van der Waals surface area (Å²) in [7, 11) is 0. The van der Waals surface area contributed by atoms with E-state index in [0.29, 0.717) is 28.4 Å². The van der Waals surface area contributed by atoms with Crippen molar-refractivity contribution in [1.29, 1.82) is 0 Å². The van der Waals surface area contributed by atoms with Gasteiger partial charge in [0.25, 0.3) is 5.56 Å². The summed E-state index contributed by atoms with van der Waals surface area (Å²) >= 11 is 5.28. The Bertz CT molecular complexity index is 1570. The molecule has 0 saturated carbocycles. The Balaban J connectivity index is 1.54. The molecule has 1 unspecified atom stereocenters. The van der Waals surface area contributed by atoms with Crippen molar-refractivity contribution >= 4 is 29.8 Å². The van der Waals surface area contributed by atoms with Crippen molar-refractivity contribution in [2.24, 2.45) is 0 Å². The molecule has 1 aliphatic heterocycles. The second-order valence-electron chi connectivity index (χ2n) is 7.76. The first-order valence-electron chi connectivity index (χ1n) is 10.6. The van der Waals surface area contributed by atoms with Crippen molar-refractivity contribution in [3.8, 4) is 23.1 Å². The Hall–Kier alpha value is -4.47. The van der Waals surface area contributed by atoms with Crippen LogP contribution in [0.1, 0.15) is 15.9 Å². The molecule has 5 rings (SSSR count). The van der Waals surface area contributed by atoms with Crippen LogP contribution in [0.5, 0.6) is 17.4 Å². The minimum Gasteiger partial charge on any atom is -0.494 e. The fourth-order valence-electron chi connectivity index (χ4n) is 3.81. The van der Waals surface area contributed by atoms with E-state index in [1.165, 1.54) is 10.6 Å². The standard InChI is InChI=1S/C26H19N3O5S/c30-22-18-8-4-5-9-21(18)27-23(31)19(22)14-20-24(32)28-26(35)29(25(20)33)15-10-12-17(13-11-15)34-16-6-2-1-3-7-16/h1-14,23,27,31,33H,(H,28,32,35). The van der Waals surface area contributed by atoms with Crippen LogP contribution in [-0.2, 0) is 0 Å². The molecule has 0 fully saturated rings. The normalized spacial score (nSPS) is 16.0. The molecule has 0 amide bonds. The van der Waals surface area contributed by atoms with E-state index >= 15 is 0 Å². The molecule has 0 bridgehead atoms. The lowest BCUT2D eigenvalue weighted by atomic mass is 9.95. The quantitative estimate of drug-likeness (QED) is 0.250. The Morgan fingerprint density at radius 1 is 0.914 bits per heavy atom. The Morgan fingerprint density at radius 2 is 1.57 bits per heavy atom. The van der Waals surface area contributed by atoms with Gasteiger partial charge in [-0.2, -0.15) is 0 Å². The van der Waals surface area contributed by atoms with Crippen LogP contribution in [0, 0.1) is 4.77 Å². The van der Waals surface area contributed by atoms with E-state index in [-0.39, 0.29) is 15.9 Å². The predicted molar refractivity (Wildman–Crippen MR) is 134 cm³/mol. The van der Waals surface area contributed by atoms with Crippen LogP contribution in [0.3, 0.4) is 0 Å². The predicted octanol–water partition coefficient (Wildman–Crippen LogP) is 4.40. The summed E-state index contributed by atoms with van der Waals surface area (Å²) in [5.41, 5.74) is 0.296. The third kappa shape index (κ3) is 4.25. The van der Waals surface area contributed by atoms with Gasteiger partial charge in [-0.25, -0.2) is 0 Å². The highest BCUT2D eigenvalue weighted by molar-refractivity contribution is 7.71. The molecule has 4 aromatic rings. The summed E-state index contributed by atoms with van der Waals surface area (Å²) in [6, 6.07) is 22.7. The van der Waals surface area contributed by atoms with Gasteiger partial charge in [0, 0.05) is 16.8 Å². The number of aromatic amines is 1. The van der Waals surface area contributed by atoms with Crippen molar-refractivity contribution < 1.29 is 19.7 Å². The maximum absolute atomic E-state index is 13.0. The molecule has 1 aliphatic rings. The number of nitrogens with zero attached hydrogens (tertiary/aromatic N) is 1. The molecule has 1 aromatic heterocycles. The molecule has 1 atom stereocenters. The van der Waals surface area contributed by atoms with Gasteiger partial charge in [0.1, 0.15) is 17.1 Å². The van der Waals surface area contributed by atoms with Crippen LogP contribution in [-0.4, -0.2) is 31.8 Å². The number of hydrogen-bond acceptors (Lipinski definition) is 7. The van der Waals surface area contributed by atoms with Crippen molar-refractivity contribution in [2.75, 3.05) is 5.32 Å². The zero-order valence-corrected chi connectivity index (χ0v) is 19.0. The van der Waals surface area contributed by atoms with Crippen LogP contribution in [0.15, 0.2) is 89.2 Å².